The second-order valence-electron chi connectivity index (χ2n) is 4.88. The summed E-state index contributed by atoms with van der Waals surface area (Å²) < 4.78 is 0. The van der Waals surface area contributed by atoms with Crippen LogP contribution in [0.5, 0.6) is 0 Å². The zero-order valence-electron chi connectivity index (χ0n) is 10.5. The fourth-order valence-electron chi connectivity index (χ4n) is 2.34. The van der Waals surface area contributed by atoms with E-state index >= 15 is 0 Å². The minimum absolute atomic E-state index is 0.533. The van der Waals surface area contributed by atoms with Crippen molar-refractivity contribution in [2.75, 3.05) is 18.0 Å². The van der Waals surface area contributed by atoms with Gasteiger partial charge in [0.15, 0.2) is 0 Å². The first-order valence-corrected chi connectivity index (χ1v) is 6.66. The highest BCUT2D eigenvalue weighted by Crippen LogP contribution is 2.30. The van der Waals surface area contributed by atoms with Crippen LogP contribution in [0, 0.1) is 0 Å². The van der Waals surface area contributed by atoms with Crippen LogP contribution in [0.3, 0.4) is 0 Å². The van der Waals surface area contributed by atoms with E-state index in [9.17, 15) is 0 Å². The molecule has 2 heterocycles. The fourth-order valence-corrected chi connectivity index (χ4v) is 2.57. The summed E-state index contributed by atoms with van der Waals surface area (Å²) in [5.74, 6) is 0. The highest BCUT2D eigenvalue weighted by atomic mass is 35.5. The quantitative estimate of drug-likeness (QED) is 0.894. The van der Waals surface area contributed by atoms with Crippen LogP contribution >= 0.6 is 11.6 Å². The Balaban J connectivity index is 2.07. The molecule has 1 aliphatic rings. The molecule has 0 aliphatic carbocycles. The van der Waals surface area contributed by atoms with E-state index in [0.29, 0.717) is 12.1 Å². The van der Waals surface area contributed by atoms with Crippen LogP contribution in [-0.2, 0) is 0 Å². The normalized spacial score (nSPS) is 20.2. The lowest BCUT2D eigenvalue weighted by atomic mass is 10.2. The van der Waals surface area contributed by atoms with Gasteiger partial charge in [0.05, 0.1) is 10.7 Å². The van der Waals surface area contributed by atoms with Crippen LogP contribution in [0.1, 0.15) is 26.7 Å². The number of anilines is 1. The summed E-state index contributed by atoms with van der Waals surface area (Å²) in [5.41, 5.74) is 1.12. The summed E-state index contributed by atoms with van der Waals surface area (Å²) in [5, 5.41) is 4.26. The molecule has 1 unspecified atom stereocenters. The number of nitrogens with zero attached hydrogens (tertiary/aromatic N) is 2. The first kappa shape index (κ1) is 12.7. The maximum atomic E-state index is 6.21. The van der Waals surface area contributed by atoms with Gasteiger partial charge >= 0.3 is 0 Å². The highest BCUT2D eigenvalue weighted by molar-refractivity contribution is 6.33. The Hall–Kier alpha value is -0.800. The third-order valence-electron chi connectivity index (χ3n) is 3.20. The third kappa shape index (κ3) is 3.11. The Morgan fingerprint density at radius 1 is 1.59 bits per heavy atom. The summed E-state index contributed by atoms with van der Waals surface area (Å²) in [7, 11) is 0. The van der Waals surface area contributed by atoms with Crippen LogP contribution in [0.2, 0.25) is 5.02 Å². The second-order valence-corrected chi connectivity index (χ2v) is 5.29. The molecule has 0 amide bonds. The van der Waals surface area contributed by atoms with Crippen molar-refractivity contribution in [2.24, 2.45) is 0 Å². The molecule has 0 aromatic carbocycles. The van der Waals surface area contributed by atoms with E-state index in [1.54, 1.807) is 6.20 Å². The number of aromatic nitrogens is 1. The van der Waals surface area contributed by atoms with Crippen molar-refractivity contribution in [1.29, 1.82) is 0 Å². The van der Waals surface area contributed by atoms with E-state index < -0.39 is 0 Å². The summed E-state index contributed by atoms with van der Waals surface area (Å²) in [6, 6.07) is 3.10. The lowest BCUT2D eigenvalue weighted by molar-refractivity contribution is 0.524. The van der Waals surface area contributed by atoms with E-state index in [4.69, 9.17) is 11.6 Å². The average Bonchev–Trinajstić information content (AvgIpc) is 2.75. The maximum Gasteiger partial charge on any atom is 0.0822 e. The average molecular weight is 254 g/mol. The predicted molar refractivity (Wildman–Crippen MR) is 72.8 cm³/mol. The van der Waals surface area contributed by atoms with Gasteiger partial charge in [0.2, 0.25) is 0 Å². The van der Waals surface area contributed by atoms with Crippen molar-refractivity contribution in [3.63, 3.8) is 0 Å². The largest absolute Gasteiger partial charge is 0.366 e. The van der Waals surface area contributed by atoms with Gasteiger partial charge in [0.1, 0.15) is 0 Å². The fraction of sp³-hybridized carbons (Fsp3) is 0.615. The molecule has 0 radical (unpaired) electrons. The Bertz CT molecular complexity index is 367. The number of pyridine rings is 1. The number of nitrogens with one attached hydrogen (secondary N) is 1. The van der Waals surface area contributed by atoms with E-state index in [-0.39, 0.29) is 0 Å². The summed E-state index contributed by atoms with van der Waals surface area (Å²) >= 11 is 6.21. The van der Waals surface area contributed by atoms with Gasteiger partial charge in [0.25, 0.3) is 0 Å². The lowest BCUT2D eigenvalue weighted by Gasteiger charge is -2.28. The highest BCUT2D eigenvalue weighted by Gasteiger charge is 2.25. The van der Waals surface area contributed by atoms with Gasteiger partial charge in [-0.1, -0.05) is 25.4 Å². The molecule has 3 nitrogen and oxygen atoms in total. The molecule has 1 fully saturated rings. The standard InChI is InChI=1S/C13H20ClN3/c1-10(2)16-8-11-4-3-7-17(11)13-5-6-15-9-12(13)14/h5-6,9-11,16H,3-4,7-8H2,1-2H3. The monoisotopic (exact) mass is 253 g/mol. The Morgan fingerprint density at radius 2 is 2.41 bits per heavy atom. The zero-order valence-corrected chi connectivity index (χ0v) is 11.2. The van der Waals surface area contributed by atoms with E-state index in [2.05, 4.69) is 29.0 Å². The SMILES string of the molecule is CC(C)NCC1CCCN1c1ccncc1Cl. The van der Waals surface area contributed by atoms with Gasteiger partial charge in [-0.05, 0) is 18.9 Å². The van der Waals surface area contributed by atoms with Crippen LogP contribution in [0.15, 0.2) is 18.5 Å². The number of rotatable bonds is 4. The van der Waals surface area contributed by atoms with Crippen molar-refractivity contribution in [2.45, 2.75) is 38.8 Å². The first-order valence-electron chi connectivity index (χ1n) is 6.28. The number of halogens is 1. The van der Waals surface area contributed by atoms with Gasteiger partial charge in [-0.15, -0.1) is 0 Å². The summed E-state index contributed by atoms with van der Waals surface area (Å²) in [6.45, 7) is 6.47. The van der Waals surface area contributed by atoms with Crippen LogP contribution in [0.4, 0.5) is 5.69 Å². The minimum Gasteiger partial charge on any atom is -0.366 e. The minimum atomic E-state index is 0.533. The van der Waals surface area contributed by atoms with Crippen LogP contribution in [0.25, 0.3) is 0 Å². The predicted octanol–water partition coefficient (Wildman–Crippen LogP) is 2.70. The number of hydrogen-bond donors (Lipinski definition) is 1. The third-order valence-corrected chi connectivity index (χ3v) is 3.49. The smallest absolute Gasteiger partial charge is 0.0822 e. The molecule has 1 aliphatic heterocycles. The van der Waals surface area contributed by atoms with E-state index in [0.717, 1.165) is 23.8 Å². The molecule has 17 heavy (non-hydrogen) atoms. The molecule has 94 valence electrons. The second kappa shape index (κ2) is 5.69. The molecule has 1 aromatic rings. The molecule has 1 saturated heterocycles. The van der Waals surface area contributed by atoms with E-state index in [1.165, 1.54) is 12.8 Å². The van der Waals surface area contributed by atoms with Gasteiger partial charge in [-0.3, -0.25) is 4.98 Å². The number of hydrogen-bond acceptors (Lipinski definition) is 3. The molecule has 0 spiro atoms. The Kier molecular flexibility index (Phi) is 4.24. The topological polar surface area (TPSA) is 28.2 Å². The molecule has 0 saturated carbocycles. The van der Waals surface area contributed by atoms with Gasteiger partial charge in [0, 0.05) is 37.6 Å². The molecule has 4 heteroatoms. The Labute approximate surface area is 108 Å². The first-order chi connectivity index (χ1) is 8.18. The molecule has 0 bridgehead atoms. The van der Waals surface area contributed by atoms with Crippen molar-refractivity contribution >= 4 is 17.3 Å². The van der Waals surface area contributed by atoms with Crippen molar-refractivity contribution < 1.29 is 0 Å². The molecule has 1 N–H and O–H groups in total. The summed E-state index contributed by atoms with van der Waals surface area (Å²) in [4.78, 5) is 6.44. The molecule has 1 aromatic heterocycles. The zero-order chi connectivity index (χ0) is 12.3. The molecule has 2 rings (SSSR count). The van der Waals surface area contributed by atoms with Crippen molar-refractivity contribution in [3.05, 3.63) is 23.5 Å². The van der Waals surface area contributed by atoms with Gasteiger partial charge < -0.3 is 10.2 Å². The molecular formula is C13H20ClN3. The molecule has 1 atom stereocenters. The lowest BCUT2D eigenvalue weighted by Crippen LogP contribution is -2.40. The Morgan fingerprint density at radius 3 is 3.12 bits per heavy atom. The van der Waals surface area contributed by atoms with Crippen molar-refractivity contribution in [1.82, 2.24) is 10.3 Å². The van der Waals surface area contributed by atoms with Crippen LogP contribution in [-0.4, -0.2) is 30.2 Å². The maximum absolute atomic E-state index is 6.21. The molecular weight excluding hydrogens is 234 g/mol. The van der Waals surface area contributed by atoms with Crippen LogP contribution < -0.4 is 10.2 Å². The van der Waals surface area contributed by atoms with Crippen molar-refractivity contribution in [3.8, 4) is 0 Å². The van der Waals surface area contributed by atoms with E-state index in [1.807, 2.05) is 12.3 Å². The van der Waals surface area contributed by atoms with Gasteiger partial charge in [-0.2, -0.15) is 0 Å². The van der Waals surface area contributed by atoms with Gasteiger partial charge in [-0.25, -0.2) is 0 Å². The summed E-state index contributed by atoms with van der Waals surface area (Å²) in [6.07, 6.45) is 6.01.